The highest BCUT2D eigenvalue weighted by atomic mass is 16.5. The monoisotopic (exact) mass is 401 g/mol. The van der Waals surface area contributed by atoms with Crippen LogP contribution >= 0.6 is 0 Å². The van der Waals surface area contributed by atoms with Gasteiger partial charge in [0.15, 0.2) is 11.5 Å². The van der Waals surface area contributed by atoms with Gasteiger partial charge in [-0.15, -0.1) is 0 Å². The summed E-state index contributed by atoms with van der Waals surface area (Å²) in [6.45, 7) is 6.07. The predicted octanol–water partition coefficient (Wildman–Crippen LogP) is 3.43. The molecule has 158 valence electrons. The maximum absolute atomic E-state index is 9.95. The molecule has 0 aromatic heterocycles. The molecule has 1 aliphatic rings. The zero-order valence-corrected chi connectivity index (χ0v) is 17.6. The Hall–Kier alpha value is -2.28. The van der Waals surface area contributed by atoms with E-state index in [1.807, 2.05) is 44.2 Å². The molecule has 6 nitrogen and oxygen atoms in total. The highest BCUT2D eigenvalue weighted by Crippen LogP contribution is 2.36. The SMILES string of the molecule is COc1ccc([C@@H]2[C@@H](CO)OCCN2Cc2cccc(OC(C)C)c2)cc1OC. The van der Waals surface area contributed by atoms with Gasteiger partial charge in [-0.05, 0) is 49.2 Å². The highest BCUT2D eigenvalue weighted by molar-refractivity contribution is 5.44. The Kier molecular flexibility index (Phi) is 7.36. The molecule has 0 spiro atoms. The lowest BCUT2D eigenvalue weighted by atomic mass is 9.97. The Labute approximate surface area is 173 Å². The second-order valence-electron chi connectivity index (χ2n) is 7.44. The molecule has 1 N–H and O–H groups in total. The van der Waals surface area contributed by atoms with Crippen LogP contribution in [-0.4, -0.2) is 56.2 Å². The zero-order valence-electron chi connectivity index (χ0n) is 17.6. The van der Waals surface area contributed by atoms with Crippen molar-refractivity contribution in [2.75, 3.05) is 34.0 Å². The van der Waals surface area contributed by atoms with Gasteiger partial charge in [0.2, 0.25) is 0 Å². The van der Waals surface area contributed by atoms with Crippen molar-refractivity contribution < 1.29 is 24.1 Å². The summed E-state index contributed by atoms with van der Waals surface area (Å²) < 4.78 is 22.6. The summed E-state index contributed by atoms with van der Waals surface area (Å²) in [5, 5.41) is 9.95. The van der Waals surface area contributed by atoms with Gasteiger partial charge in [-0.25, -0.2) is 0 Å². The van der Waals surface area contributed by atoms with Crippen molar-refractivity contribution >= 4 is 0 Å². The lowest BCUT2D eigenvalue weighted by molar-refractivity contribution is -0.0961. The molecule has 0 unspecified atom stereocenters. The third-order valence-corrected chi connectivity index (χ3v) is 5.04. The number of hydrogen-bond donors (Lipinski definition) is 1. The van der Waals surface area contributed by atoms with Gasteiger partial charge in [0, 0.05) is 13.1 Å². The van der Waals surface area contributed by atoms with E-state index >= 15 is 0 Å². The molecule has 2 aromatic carbocycles. The van der Waals surface area contributed by atoms with E-state index in [1.165, 1.54) is 0 Å². The van der Waals surface area contributed by atoms with E-state index in [1.54, 1.807) is 14.2 Å². The van der Waals surface area contributed by atoms with Crippen molar-refractivity contribution in [3.63, 3.8) is 0 Å². The summed E-state index contributed by atoms with van der Waals surface area (Å²) in [7, 11) is 3.25. The summed E-state index contributed by atoms with van der Waals surface area (Å²) in [6, 6.07) is 13.9. The van der Waals surface area contributed by atoms with Gasteiger partial charge >= 0.3 is 0 Å². The van der Waals surface area contributed by atoms with Crippen LogP contribution in [0.15, 0.2) is 42.5 Å². The smallest absolute Gasteiger partial charge is 0.161 e. The van der Waals surface area contributed by atoms with Crippen LogP contribution in [0.4, 0.5) is 0 Å². The summed E-state index contributed by atoms with van der Waals surface area (Å²) in [5.41, 5.74) is 2.18. The zero-order chi connectivity index (χ0) is 20.8. The van der Waals surface area contributed by atoms with Gasteiger partial charge in [0.05, 0.1) is 39.6 Å². The van der Waals surface area contributed by atoms with Crippen LogP contribution < -0.4 is 14.2 Å². The molecule has 0 saturated carbocycles. The van der Waals surface area contributed by atoms with Crippen LogP contribution in [-0.2, 0) is 11.3 Å². The molecule has 0 radical (unpaired) electrons. The molecule has 0 amide bonds. The van der Waals surface area contributed by atoms with Gasteiger partial charge in [-0.3, -0.25) is 4.90 Å². The third-order valence-electron chi connectivity index (χ3n) is 5.04. The van der Waals surface area contributed by atoms with E-state index in [-0.39, 0.29) is 24.9 Å². The Morgan fingerprint density at radius 3 is 2.59 bits per heavy atom. The van der Waals surface area contributed by atoms with Crippen molar-refractivity contribution in [1.82, 2.24) is 4.90 Å². The molecule has 0 bridgehead atoms. The summed E-state index contributed by atoms with van der Waals surface area (Å²) in [4.78, 5) is 2.33. The van der Waals surface area contributed by atoms with Crippen molar-refractivity contribution in [2.24, 2.45) is 0 Å². The third kappa shape index (κ3) is 5.21. The van der Waals surface area contributed by atoms with Gasteiger partial charge < -0.3 is 24.1 Å². The molecule has 1 aliphatic heterocycles. The summed E-state index contributed by atoms with van der Waals surface area (Å²) in [6.07, 6.45) is -0.177. The standard InChI is InChI=1S/C23H31NO5/c1-16(2)29-19-7-5-6-17(12-19)14-24-10-11-28-22(15-25)23(24)18-8-9-20(26-3)21(13-18)27-4/h5-9,12-13,16,22-23,25H,10-11,14-15H2,1-4H3/t22-,23-/m1/s1. The molecule has 1 heterocycles. The first-order valence-corrected chi connectivity index (χ1v) is 9.99. The number of aliphatic hydroxyl groups excluding tert-OH is 1. The highest BCUT2D eigenvalue weighted by Gasteiger charge is 2.33. The fraction of sp³-hybridized carbons (Fsp3) is 0.478. The minimum absolute atomic E-state index is 0.0496. The molecule has 2 aromatic rings. The predicted molar refractivity (Wildman–Crippen MR) is 112 cm³/mol. The fourth-order valence-electron chi connectivity index (χ4n) is 3.80. The van der Waals surface area contributed by atoms with Gasteiger partial charge in [0.25, 0.3) is 0 Å². The van der Waals surface area contributed by atoms with Crippen LogP contribution in [0.3, 0.4) is 0 Å². The first-order valence-electron chi connectivity index (χ1n) is 9.99. The van der Waals surface area contributed by atoms with E-state index in [0.29, 0.717) is 18.1 Å². The van der Waals surface area contributed by atoms with Crippen LogP contribution in [0, 0.1) is 0 Å². The van der Waals surface area contributed by atoms with Crippen LogP contribution in [0.25, 0.3) is 0 Å². The summed E-state index contributed by atoms with van der Waals surface area (Å²) in [5.74, 6) is 2.21. The van der Waals surface area contributed by atoms with Crippen LogP contribution in [0.5, 0.6) is 17.2 Å². The number of ether oxygens (including phenoxy) is 4. The van der Waals surface area contributed by atoms with Gasteiger partial charge in [-0.1, -0.05) is 18.2 Å². The normalized spacial score (nSPS) is 19.9. The average molecular weight is 402 g/mol. The molecule has 3 rings (SSSR count). The van der Waals surface area contributed by atoms with Crippen molar-refractivity contribution in [2.45, 2.75) is 38.6 Å². The van der Waals surface area contributed by atoms with Crippen molar-refractivity contribution in [3.8, 4) is 17.2 Å². The number of benzene rings is 2. The van der Waals surface area contributed by atoms with E-state index in [4.69, 9.17) is 18.9 Å². The van der Waals surface area contributed by atoms with Crippen molar-refractivity contribution in [3.05, 3.63) is 53.6 Å². The van der Waals surface area contributed by atoms with E-state index in [0.717, 1.165) is 30.0 Å². The minimum Gasteiger partial charge on any atom is -0.493 e. The molecule has 2 atom stereocenters. The number of aliphatic hydroxyl groups is 1. The lowest BCUT2D eigenvalue weighted by Gasteiger charge is -2.41. The Morgan fingerprint density at radius 1 is 1.10 bits per heavy atom. The van der Waals surface area contributed by atoms with E-state index in [2.05, 4.69) is 17.0 Å². The second-order valence-corrected chi connectivity index (χ2v) is 7.44. The van der Waals surface area contributed by atoms with Gasteiger partial charge in [-0.2, -0.15) is 0 Å². The van der Waals surface area contributed by atoms with Crippen molar-refractivity contribution in [1.29, 1.82) is 0 Å². The van der Waals surface area contributed by atoms with E-state index in [9.17, 15) is 5.11 Å². The number of methoxy groups -OCH3 is 2. The molecular formula is C23H31NO5. The molecule has 1 fully saturated rings. The maximum Gasteiger partial charge on any atom is 0.161 e. The maximum atomic E-state index is 9.95. The number of rotatable bonds is 8. The Bertz CT molecular complexity index is 795. The Morgan fingerprint density at radius 2 is 1.90 bits per heavy atom. The minimum atomic E-state index is -0.308. The summed E-state index contributed by atoms with van der Waals surface area (Å²) >= 11 is 0. The van der Waals surface area contributed by atoms with Gasteiger partial charge in [0.1, 0.15) is 11.9 Å². The van der Waals surface area contributed by atoms with Crippen LogP contribution in [0.1, 0.15) is 31.0 Å². The molecule has 1 saturated heterocycles. The average Bonchev–Trinajstić information content (AvgIpc) is 2.72. The topological polar surface area (TPSA) is 60.4 Å². The fourth-order valence-corrected chi connectivity index (χ4v) is 3.80. The lowest BCUT2D eigenvalue weighted by Crippen LogP contribution is -2.46. The first kappa shape index (κ1) is 21.4. The molecular weight excluding hydrogens is 370 g/mol. The first-order chi connectivity index (χ1) is 14.0. The second kappa shape index (κ2) is 9.96. The number of hydrogen-bond acceptors (Lipinski definition) is 6. The molecule has 29 heavy (non-hydrogen) atoms. The number of morpholine rings is 1. The molecule has 0 aliphatic carbocycles. The molecule has 6 heteroatoms. The largest absolute Gasteiger partial charge is 0.493 e. The number of nitrogens with zero attached hydrogens (tertiary/aromatic N) is 1. The van der Waals surface area contributed by atoms with Crippen LogP contribution in [0.2, 0.25) is 0 Å². The quantitative estimate of drug-likeness (QED) is 0.731. The van der Waals surface area contributed by atoms with E-state index < -0.39 is 0 Å². The Balaban J connectivity index is 1.88.